The molecule has 74 valence electrons. The molecular weight excluding hydrogens is 164 g/mol. The molecule has 0 N–H and O–H groups in total. The highest BCUT2D eigenvalue weighted by atomic mass is 16.7. The minimum Gasteiger partial charge on any atom is -0.350 e. The minimum absolute atomic E-state index is 0.175. The van der Waals surface area contributed by atoms with E-state index in [4.69, 9.17) is 9.47 Å². The Bertz CT molecular complexity index is 183. The van der Waals surface area contributed by atoms with Crippen LogP contribution in [0.1, 0.15) is 38.5 Å². The summed E-state index contributed by atoms with van der Waals surface area (Å²) in [6.07, 6.45) is 9.05. The van der Waals surface area contributed by atoms with Gasteiger partial charge in [0.05, 0.1) is 12.7 Å². The van der Waals surface area contributed by atoms with Gasteiger partial charge in [-0.25, -0.2) is 0 Å². The van der Waals surface area contributed by atoms with Gasteiger partial charge in [-0.3, -0.25) is 0 Å². The maximum absolute atomic E-state index is 5.94. The Hall–Kier alpha value is -0.340. The highest BCUT2D eigenvalue weighted by molar-refractivity contribution is 4.85. The predicted molar refractivity (Wildman–Crippen MR) is 51.5 cm³/mol. The molecule has 2 nitrogen and oxygen atoms in total. The SMILES string of the molecule is C=CCC[C@@H]1CC[C@]2(CCCO2)O1. The fourth-order valence-corrected chi connectivity index (χ4v) is 2.27. The second kappa shape index (κ2) is 3.81. The summed E-state index contributed by atoms with van der Waals surface area (Å²) in [4.78, 5) is 0. The molecule has 2 atom stereocenters. The summed E-state index contributed by atoms with van der Waals surface area (Å²) in [7, 11) is 0. The fourth-order valence-electron chi connectivity index (χ4n) is 2.27. The van der Waals surface area contributed by atoms with Crippen molar-refractivity contribution in [3.05, 3.63) is 12.7 Å². The molecule has 0 aromatic rings. The van der Waals surface area contributed by atoms with Gasteiger partial charge in [0.1, 0.15) is 0 Å². The van der Waals surface area contributed by atoms with E-state index in [-0.39, 0.29) is 5.79 Å². The predicted octanol–water partition coefficient (Wildman–Crippen LogP) is 2.64. The van der Waals surface area contributed by atoms with Crippen LogP contribution in [0.25, 0.3) is 0 Å². The molecule has 2 aliphatic rings. The van der Waals surface area contributed by atoms with Gasteiger partial charge in [0.15, 0.2) is 5.79 Å². The first-order chi connectivity index (χ1) is 6.35. The Morgan fingerprint density at radius 3 is 3.08 bits per heavy atom. The first-order valence-electron chi connectivity index (χ1n) is 5.27. The standard InChI is InChI=1S/C11H18O2/c1-2-3-5-10-6-8-11(13-10)7-4-9-12-11/h2,10H,1,3-9H2/t10-,11+/m1/s1. The van der Waals surface area contributed by atoms with Crippen LogP contribution in [0.4, 0.5) is 0 Å². The van der Waals surface area contributed by atoms with E-state index in [2.05, 4.69) is 6.58 Å². The van der Waals surface area contributed by atoms with Crippen molar-refractivity contribution in [1.82, 2.24) is 0 Å². The molecule has 2 aliphatic heterocycles. The molecule has 0 unspecified atom stereocenters. The van der Waals surface area contributed by atoms with Crippen molar-refractivity contribution in [2.75, 3.05) is 6.61 Å². The van der Waals surface area contributed by atoms with Gasteiger partial charge >= 0.3 is 0 Å². The van der Waals surface area contributed by atoms with Crippen molar-refractivity contribution in [1.29, 1.82) is 0 Å². The lowest BCUT2D eigenvalue weighted by Gasteiger charge is -2.22. The van der Waals surface area contributed by atoms with E-state index in [1.165, 1.54) is 0 Å². The van der Waals surface area contributed by atoms with E-state index >= 15 is 0 Å². The normalized spacial score (nSPS) is 38.6. The zero-order chi connectivity index (χ0) is 9.15. The summed E-state index contributed by atoms with van der Waals surface area (Å²) in [6.45, 7) is 4.61. The number of rotatable bonds is 3. The molecule has 0 radical (unpaired) electrons. The number of hydrogen-bond donors (Lipinski definition) is 0. The van der Waals surface area contributed by atoms with Crippen molar-refractivity contribution in [2.45, 2.75) is 50.4 Å². The van der Waals surface area contributed by atoms with Crippen molar-refractivity contribution >= 4 is 0 Å². The minimum atomic E-state index is -0.175. The fraction of sp³-hybridized carbons (Fsp3) is 0.818. The van der Waals surface area contributed by atoms with Crippen LogP contribution in [0.2, 0.25) is 0 Å². The molecule has 0 aromatic carbocycles. The van der Waals surface area contributed by atoms with Crippen LogP contribution in [0.3, 0.4) is 0 Å². The zero-order valence-corrected chi connectivity index (χ0v) is 8.13. The van der Waals surface area contributed by atoms with Crippen molar-refractivity contribution in [3.63, 3.8) is 0 Å². The van der Waals surface area contributed by atoms with E-state index < -0.39 is 0 Å². The van der Waals surface area contributed by atoms with Gasteiger partial charge in [-0.1, -0.05) is 6.08 Å². The molecule has 2 heteroatoms. The Morgan fingerprint density at radius 2 is 2.38 bits per heavy atom. The second-order valence-electron chi connectivity index (χ2n) is 4.01. The maximum atomic E-state index is 5.94. The topological polar surface area (TPSA) is 18.5 Å². The molecule has 2 rings (SSSR count). The van der Waals surface area contributed by atoms with E-state index in [9.17, 15) is 0 Å². The highest BCUT2D eigenvalue weighted by Gasteiger charge is 2.43. The van der Waals surface area contributed by atoms with Crippen molar-refractivity contribution in [3.8, 4) is 0 Å². The molecule has 0 saturated carbocycles. The zero-order valence-electron chi connectivity index (χ0n) is 8.13. The van der Waals surface area contributed by atoms with E-state index in [0.29, 0.717) is 6.10 Å². The van der Waals surface area contributed by atoms with Crippen LogP contribution >= 0.6 is 0 Å². The molecule has 0 amide bonds. The maximum Gasteiger partial charge on any atom is 0.168 e. The lowest BCUT2D eigenvalue weighted by Crippen LogP contribution is -2.27. The summed E-state index contributed by atoms with van der Waals surface area (Å²) >= 11 is 0. The van der Waals surface area contributed by atoms with E-state index in [1.54, 1.807) is 0 Å². The number of allylic oxidation sites excluding steroid dienone is 1. The van der Waals surface area contributed by atoms with Gasteiger partial charge in [-0.05, 0) is 25.7 Å². The van der Waals surface area contributed by atoms with Crippen LogP contribution in [0.15, 0.2) is 12.7 Å². The molecule has 2 saturated heterocycles. The molecule has 0 aliphatic carbocycles. The number of hydrogen-bond acceptors (Lipinski definition) is 2. The molecular formula is C11H18O2. The first-order valence-corrected chi connectivity index (χ1v) is 5.27. The van der Waals surface area contributed by atoms with E-state index in [0.717, 1.165) is 45.1 Å². The summed E-state index contributed by atoms with van der Waals surface area (Å²) in [5.41, 5.74) is 0. The smallest absolute Gasteiger partial charge is 0.168 e. The Kier molecular flexibility index (Phi) is 2.70. The van der Waals surface area contributed by atoms with Crippen molar-refractivity contribution < 1.29 is 9.47 Å². The van der Waals surface area contributed by atoms with Crippen LogP contribution in [-0.4, -0.2) is 18.5 Å². The monoisotopic (exact) mass is 182 g/mol. The van der Waals surface area contributed by atoms with Gasteiger partial charge in [0, 0.05) is 12.8 Å². The third-order valence-electron chi connectivity index (χ3n) is 2.99. The molecule has 2 heterocycles. The molecule has 1 spiro atoms. The van der Waals surface area contributed by atoms with Gasteiger partial charge in [0.2, 0.25) is 0 Å². The largest absolute Gasteiger partial charge is 0.350 e. The first kappa shape index (κ1) is 9.22. The quantitative estimate of drug-likeness (QED) is 0.625. The average Bonchev–Trinajstić information content (AvgIpc) is 2.74. The van der Waals surface area contributed by atoms with Gasteiger partial charge in [-0.15, -0.1) is 6.58 Å². The summed E-state index contributed by atoms with van der Waals surface area (Å²) in [6, 6.07) is 0. The summed E-state index contributed by atoms with van der Waals surface area (Å²) < 4.78 is 11.6. The molecule has 2 fully saturated rings. The molecule has 0 bridgehead atoms. The van der Waals surface area contributed by atoms with Crippen LogP contribution in [-0.2, 0) is 9.47 Å². The lowest BCUT2D eigenvalue weighted by atomic mass is 10.1. The Labute approximate surface area is 79.9 Å². The number of ether oxygens (including phenoxy) is 2. The van der Waals surface area contributed by atoms with Crippen LogP contribution in [0.5, 0.6) is 0 Å². The third-order valence-corrected chi connectivity index (χ3v) is 2.99. The van der Waals surface area contributed by atoms with Crippen molar-refractivity contribution in [2.24, 2.45) is 0 Å². The Balaban J connectivity index is 1.82. The molecule has 0 aromatic heterocycles. The summed E-state index contributed by atoms with van der Waals surface area (Å²) in [5, 5.41) is 0. The van der Waals surface area contributed by atoms with E-state index in [1.807, 2.05) is 6.08 Å². The lowest BCUT2D eigenvalue weighted by molar-refractivity contribution is -0.199. The third kappa shape index (κ3) is 1.94. The summed E-state index contributed by atoms with van der Waals surface area (Å²) in [5.74, 6) is -0.175. The molecule has 13 heavy (non-hydrogen) atoms. The second-order valence-corrected chi connectivity index (χ2v) is 4.01. The van der Waals surface area contributed by atoms with Gasteiger partial charge in [0.25, 0.3) is 0 Å². The van der Waals surface area contributed by atoms with Gasteiger partial charge in [-0.2, -0.15) is 0 Å². The average molecular weight is 182 g/mol. The Morgan fingerprint density at radius 1 is 1.46 bits per heavy atom. The van der Waals surface area contributed by atoms with Crippen LogP contribution < -0.4 is 0 Å². The highest BCUT2D eigenvalue weighted by Crippen LogP contribution is 2.40. The van der Waals surface area contributed by atoms with Gasteiger partial charge < -0.3 is 9.47 Å². The van der Waals surface area contributed by atoms with Crippen LogP contribution in [0, 0.1) is 0 Å².